The van der Waals surface area contributed by atoms with Crippen molar-refractivity contribution in [1.29, 1.82) is 0 Å². The first-order valence-corrected chi connectivity index (χ1v) is 6.16. The number of benzene rings is 2. The van der Waals surface area contributed by atoms with Gasteiger partial charge in [0.05, 0.1) is 11.6 Å². The Morgan fingerprint density at radius 1 is 1.05 bits per heavy atom. The van der Waals surface area contributed by atoms with Crippen molar-refractivity contribution >= 4 is 11.9 Å². The Kier molecular flexibility index (Phi) is 3.16. The molecule has 2 aromatic carbocycles. The van der Waals surface area contributed by atoms with E-state index in [1.807, 2.05) is 13.0 Å². The molecular weight excluding hydrogens is 286 g/mol. The molecule has 108 valence electrons. The van der Waals surface area contributed by atoms with Crippen molar-refractivity contribution in [2.24, 2.45) is 0 Å². The summed E-state index contributed by atoms with van der Waals surface area (Å²) in [6, 6.07) is 5.96. The lowest BCUT2D eigenvalue weighted by molar-refractivity contribution is -0.478. The smallest absolute Gasteiger partial charge is 0.292 e. The molecule has 0 saturated heterocycles. The number of aryl methyl sites for hydroxylation is 1. The quantitative estimate of drug-likeness (QED) is 0.338. The average molecular weight is 296 g/mol. The van der Waals surface area contributed by atoms with Gasteiger partial charge in [-0.1, -0.05) is 12.1 Å². The summed E-state index contributed by atoms with van der Waals surface area (Å²) in [5.74, 6) is -5.95. The van der Waals surface area contributed by atoms with Gasteiger partial charge in [-0.15, -0.1) is 0 Å². The van der Waals surface area contributed by atoms with E-state index < -0.39 is 29.0 Å². The Hall–Kier alpha value is -2.37. The van der Waals surface area contributed by atoms with Gasteiger partial charge in [0.2, 0.25) is 11.6 Å². The van der Waals surface area contributed by atoms with Gasteiger partial charge < -0.3 is 4.74 Å². The summed E-state index contributed by atoms with van der Waals surface area (Å²) in [5.41, 5.74) is 1.12. The molecule has 2 aromatic rings. The minimum absolute atomic E-state index is 0.126. The zero-order chi connectivity index (χ0) is 15.1. The van der Waals surface area contributed by atoms with Crippen LogP contribution in [0.3, 0.4) is 0 Å². The SMILES string of the molecule is Cc1cccc2c1OC[N+](c1cc(F)c(F)c(F)c1F)=C2. The summed E-state index contributed by atoms with van der Waals surface area (Å²) in [6.07, 6.45) is 1.50. The third kappa shape index (κ3) is 2.16. The highest BCUT2D eigenvalue weighted by atomic mass is 19.2. The van der Waals surface area contributed by atoms with E-state index in [0.29, 0.717) is 17.4 Å². The van der Waals surface area contributed by atoms with Gasteiger partial charge in [0.25, 0.3) is 12.4 Å². The summed E-state index contributed by atoms with van der Waals surface area (Å²) < 4.78 is 60.0. The van der Waals surface area contributed by atoms with Gasteiger partial charge >= 0.3 is 0 Å². The van der Waals surface area contributed by atoms with Crippen LogP contribution in [0.2, 0.25) is 0 Å². The van der Waals surface area contributed by atoms with Crippen molar-refractivity contribution in [3.63, 3.8) is 0 Å². The van der Waals surface area contributed by atoms with Crippen molar-refractivity contribution in [2.75, 3.05) is 6.73 Å². The molecule has 6 heteroatoms. The van der Waals surface area contributed by atoms with Crippen LogP contribution >= 0.6 is 0 Å². The van der Waals surface area contributed by atoms with E-state index in [-0.39, 0.29) is 6.73 Å². The summed E-state index contributed by atoms with van der Waals surface area (Å²) in [7, 11) is 0. The van der Waals surface area contributed by atoms with E-state index in [0.717, 1.165) is 5.56 Å². The Morgan fingerprint density at radius 3 is 2.57 bits per heavy atom. The lowest BCUT2D eigenvalue weighted by Crippen LogP contribution is -2.22. The Morgan fingerprint density at radius 2 is 1.81 bits per heavy atom. The van der Waals surface area contributed by atoms with Crippen molar-refractivity contribution in [3.05, 3.63) is 58.7 Å². The summed E-state index contributed by atoms with van der Waals surface area (Å²) >= 11 is 0. The number of fused-ring (bicyclic) bond motifs is 1. The highest BCUT2D eigenvalue weighted by Crippen LogP contribution is 2.29. The lowest BCUT2D eigenvalue weighted by Gasteiger charge is -2.15. The lowest BCUT2D eigenvalue weighted by atomic mass is 10.1. The average Bonchev–Trinajstić information content (AvgIpc) is 2.49. The monoisotopic (exact) mass is 296 g/mol. The maximum Gasteiger partial charge on any atom is 0.292 e. The van der Waals surface area contributed by atoms with Crippen molar-refractivity contribution in [2.45, 2.75) is 6.92 Å². The highest BCUT2D eigenvalue weighted by Gasteiger charge is 2.28. The molecular formula is C15H10F4NO+. The number of para-hydroxylation sites is 1. The van der Waals surface area contributed by atoms with Crippen LogP contribution in [0.5, 0.6) is 5.75 Å². The number of hydrogen-bond donors (Lipinski definition) is 0. The first-order valence-electron chi connectivity index (χ1n) is 6.16. The number of halogens is 4. The molecule has 3 rings (SSSR count). The number of ether oxygens (including phenoxy) is 1. The summed E-state index contributed by atoms with van der Waals surface area (Å²) in [4.78, 5) is 0. The fourth-order valence-corrected chi connectivity index (χ4v) is 2.22. The standard InChI is InChI=1S/C15H10F4NO/c1-8-3-2-4-9-6-20(7-21-15(8)9)11-5-10(16)12(17)14(19)13(11)18/h2-6H,7H2,1H3/q+1. The largest absolute Gasteiger partial charge is 0.435 e. The summed E-state index contributed by atoms with van der Waals surface area (Å²) in [5, 5.41) is 0. The molecule has 0 fully saturated rings. The van der Waals surface area contributed by atoms with Gasteiger partial charge in [0, 0.05) is 0 Å². The van der Waals surface area contributed by atoms with E-state index >= 15 is 0 Å². The van der Waals surface area contributed by atoms with E-state index in [9.17, 15) is 17.6 Å². The summed E-state index contributed by atoms with van der Waals surface area (Å²) in [6.45, 7) is 1.72. The van der Waals surface area contributed by atoms with Gasteiger partial charge in [0.1, 0.15) is 5.75 Å². The maximum absolute atomic E-state index is 13.8. The molecule has 0 atom stereocenters. The molecule has 1 aliphatic heterocycles. The Labute approximate surface area is 117 Å². The van der Waals surface area contributed by atoms with E-state index in [1.54, 1.807) is 12.1 Å². The van der Waals surface area contributed by atoms with Crippen molar-refractivity contribution < 1.29 is 26.9 Å². The van der Waals surface area contributed by atoms with Crippen LogP contribution in [-0.2, 0) is 0 Å². The van der Waals surface area contributed by atoms with Crippen molar-refractivity contribution in [3.8, 4) is 5.75 Å². The van der Waals surface area contributed by atoms with Crippen LogP contribution in [0.25, 0.3) is 0 Å². The molecule has 0 aliphatic carbocycles. The number of nitrogens with zero attached hydrogens (tertiary/aromatic N) is 1. The first-order chi connectivity index (χ1) is 9.99. The Bertz CT molecular complexity index is 771. The van der Waals surface area contributed by atoms with Crippen LogP contribution < -0.4 is 4.74 Å². The molecule has 0 saturated carbocycles. The predicted octanol–water partition coefficient (Wildman–Crippen LogP) is 3.66. The molecule has 0 N–H and O–H groups in total. The van der Waals surface area contributed by atoms with Crippen LogP contribution in [0.4, 0.5) is 23.2 Å². The molecule has 21 heavy (non-hydrogen) atoms. The fourth-order valence-electron chi connectivity index (χ4n) is 2.22. The number of hydrogen-bond acceptors (Lipinski definition) is 1. The highest BCUT2D eigenvalue weighted by molar-refractivity contribution is 5.82. The van der Waals surface area contributed by atoms with E-state index in [1.165, 1.54) is 10.8 Å². The minimum Gasteiger partial charge on any atom is -0.435 e. The zero-order valence-corrected chi connectivity index (χ0v) is 11.0. The van der Waals surface area contributed by atoms with Crippen LogP contribution in [-0.4, -0.2) is 17.5 Å². The Balaban J connectivity index is 2.15. The molecule has 0 aromatic heterocycles. The molecule has 0 radical (unpaired) electrons. The van der Waals surface area contributed by atoms with Crippen LogP contribution in [0.1, 0.15) is 11.1 Å². The van der Waals surface area contributed by atoms with Gasteiger partial charge in [0.15, 0.2) is 17.8 Å². The third-order valence-corrected chi connectivity index (χ3v) is 3.28. The molecule has 2 nitrogen and oxygen atoms in total. The topological polar surface area (TPSA) is 12.2 Å². The van der Waals surface area contributed by atoms with Crippen LogP contribution in [0.15, 0.2) is 24.3 Å². The van der Waals surface area contributed by atoms with Gasteiger partial charge in [-0.25, -0.2) is 13.2 Å². The van der Waals surface area contributed by atoms with E-state index in [4.69, 9.17) is 4.74 Å². The third-order valence-electron chi connectivity index (χ3n) is 3.28. The molecule has 1 heterocycles. The first kappa shape index (κ1) is 13.6. The number of rotatable bonds is 1. The molecule has 0 bridgehead atoms. The predicted molar refractivity (Wildman–Crippen MR) is 68.0 cm³/mol. The second-order valence-electron chi connectivity index (χ2n) is 4.69. The molecule has 0 amide bonds. The second-order valence-corrected chi connectivity index (χ2v) is 4.69. The minimum atomic E-state index is -1.84. The van der Waals surface area contributed by atoms with Crippen LogP contribution in [0, 0.1) is 30.2 Å². The van der Waals surface area contributed by atoms with Crippen molar-refractivity contribution in [1.82, 2.24) is 0 Å². The second kappa shape index (κ2) is 4.87. The van der Waals surface area contributed by atoms with Gasteiger partial charge in [-0.05, 0) is 18.6 Å². The van der Waals surface area contributed by atoms with E-state index in [2.05, 4.69) is 0 Å². The molecule has 0 spiro atoms. The molecule has 0 unspecified atom stereocenters. The normalized spacial score (nSPS) is 13.5. The maximum atomic E-state index is 13.8. The zero-order valence-electron chi connectivity index (χ0n) is 11.0. The van der Waals surface area contributed by atoms with Gasteiger partial charge in [-0.2, -0.15) is 8.97 Å². The molecule has 1 aliphatic rings. The van der Waals surface area contributed by atoms with Gasteiger partial charge in [-0.3, -0.25) is 0 Å². The fraction of sp³-hybridized carbons (Fsp3) is 0.133.